The monoisotopic (exact) mass is 573 g/mol. The van der Waals surface area contributed by atoms with Crippen LogP contribution in [-0.2, 0) is 30.3 Å². The number of hydrogen-bond acceptors (Lipinski definition) is 7. The van der Waals surface area contributed by atoms with Crippen LogP contribution < -0.4 is 5.32 Å². The Morgan fingerprint density at radius 2 is 1.80 bits per heavy atom. The molecular formula is C30H43N3O6S. The number of aliphatic imine (C=N–C) groups is 1. The van der Waals surface area contributed by atoms with Gasteiger partial charge in [0.15, 0.2) is 6.10 Å². The first-order chi connectivity index (χ1) is 18.9. The molecule has 40 heavy (non-hydrogen) atoms. The lowest BCUT2D eigenvalue weighted by atomic mass is 9.95. The van der Waals surface area contributed by atoms with Gasteiger partial charge in [-0.05, 0) is 43.1 Å². The van der Waals surface area contributed by atoms with Crippen molar-refractivity contribution in [2.45, 2.75) is 90.4 Å². The highest BCUT2D eigenvalue weighted by Crippen LogP contribution is 2.34. The average Bonchev–Trinajstić information content (AvgIpc) is 3.56. The summed E-state index contributed by atoms with van der Waals surface area (Å²) in [5.41, 5.74) is 1.00. The molecule has 2 N–H and O–H groups in total. The SMILES string of the molecule is CC(=O)O[C@H](CC(C(C)C)N(C)C(=O)CC1CC1)C1=NC(C(=O)N[C@@H](Cc2ccccc2)C[C@H](C)C(=O)O)CS1. The van der Waals surface area contributed by atoms with E-state index >= 15 is 0 Å². The molecule has 1 aromatic carbocycles. The summed E-state index contributed by atoms with van der Waals surface area (Å²) in [6, 6.07) is 8.44. The lowest BCUT2D eigenvalue weighted by Crippen LogP contribution is -2.44. The van der Waals surface area contributed by atoms with Gasteiger partial charge in [-0.25, -0.2) is 0 Å². The van der Waals surface area contributed by atoms with E-state index in [1.165, 1.54) is 18.7 Å². The Kier molecular flexibility index (Phi) is 11.6. The Labute approximate surface area is 241 Å². The minimum absolute atomic E-state index is 0.0982. The van der Waals surface area contributed by atoms with Gasteiger partial charge in [0.25, 0.3) is 0 Å². The molecule has 2 unspecified atom stereocenters. The van der Waals surface area contributed by atoms with Crippen LogP contribution in [0.3, 0.4) is 0 Å². The number of rotatable bonds is 15. The van der Waals surface area contributed by atoms with Crippen molar-refractivity contribution in [3.05, 3.63) is 35.9 Å². The van der Waals surface area contributed by atoms with Crippen molar-refractivity contribution < 1.29 is 29.0 Å². The Hall–Kier alpha value is -2.88. The van der Waals surface area contributed by atoms with Gasteiger partial charge in [-0.1, -0.05) is 51.1 Å². The summed E-state index contributed by atoms with van der Waals surface area (Å²) in [5, 5.41) is 13.0. The third-order valence-corrected chi connectivity index (χ3v) is 8.71. The van der Waals surface area contributed by atoms with Gasteiger partial charge in [-0.2, -0.15) is 0 Å². The number of esters is 1. The van der Waals surface area contributed by atoms with Crippen LogP contribution in [0.4, 0.5) is 0 Å². The quantitative estimate of drug-likeness (QED) is 0.305. The molecule has 10 heteroatoms. The number of aliphatic carboxylic acids is 1. The van der Waals surface area contributed by atoms with Gasteiger partial charge in [-0.15, -0.1) is 11.8 Å². The molecule has 1 aliphatic carbocycles. The predicted octanol–water partition coefficient (Wildman–Crippen LogP) is 3.94. The molecule has 9 nitrogen and oxygen atoms in total. The topological polar surface area (TPSA) is 125 Å². The van der Waals surface area contributed by atoms with Gasteiger partial charge < -0.3 is 20.1 Å². The number of nitrogens with one attached hydrogen (secondary N) is 1. The van der Waals surface area contributed by atoms with Crippen LogP contribution in [0.25, 0.3) is 0 Å². The molecule has 1 saturated carbocycles. The predicted molar refractivity (Wildman–Crippen MR) is 156 cm³/mol. The second-order valence-corrected chi connectivity index (χ2v) is 12.5. The number of amides is 2. The van der Waals surface area contributed by atoms with Crippen LogP contribution in [0.1, 0.15) is 65.4 Å². The zero-order valence-electron chi connectivity index (χ0n) is 24.2. The second kappa shape index (κ2) is 14.7. The molecule has 220 valence electrons. The van der Waals surface area contributed by atoms with Crippen molar-refractivity contribution in [2.24, 2.45) is 22.7 Å². The number of nitrogens with zero attached hydrogens (tertiary/aromatic N) is 2. The van der Waals surface area contributed by atoms with Crippen molar-refractivity contribution in [3.63, 3.8) is 0 Å². The van der Waals surface area contributed by atoms with Crippen LogP contribution >= 0.6 is 11.8 Å². The van der Waals surface area contributed by atoms with Gasteiger partial charge in [0.2, 0.25) is 11.8 Å². The summed E-state index contributed by atoms with van der Waals surface area (Å²) >= 11 is 1.39. The van der Waals surface area contributed by atoms with E-state index in [1.54, 1.807) is 11.8 Å². The molecule has 1 fully saturated rings. The second-order valence-electron chi connectivity index (χ2n) is 11.5. The number of ether oxygens (including phenoxy) is 1. The normalized spacial score (nSPS) is 19.8. The maximum Gasteiger partial charge on any atom is 0.306 e. The smallest absolute Gasteiger partial charge is 0.306 e. The van der Waals surface area contributed by atoms with Crippen molar-refractivity contribution in [1.29, 1.82) is 0 Å². The number of carboxylic acids is 1. The molecular weight excluding hydrogens is 530 g/mol. The van der Waals surface area contributed by atoms with Gasteiger partial charge >= 0.3 is 11.9 Å². The number of hydrogen-bond donors (Lipinski definition) is 2. The van der Waals surface area contributed by atoms with E-state index in [9.17, 15) is 24.3 Å². The van der Waals surface area contributed by atoms with E-state index < -0.39 is 30.0 Å². The third-order valence-electron chi connectivity index (χ3n) is 7.57. The first-order valence-electron chi connectivity index (χ1n) is 14.1. The summed E-state index contributed by atoms with van der Waals surface area (Å²) < 4.78 is 5.68. The van der Waals surface area contributed by atoms with Gasteiger partial charge in [0.05, 0.1) is 5.92 Å². The van der Waals surface area contributed by atoms with Crippen LogP contribution in [0.15, 0.2) is 35.3 Å². The van der Waals surface area contributed by atoms with Crippen molar-refractivity contribution in [3.8, 4) is 0 Å². The first-order valence-corrected chi connectivity index (χ1v) is 15.1. The molecule has 0 bridgehead atoms. The highest BCUT2D eigenvalue weighted by atomic mass is 32.2. The Balaban J connectivity index is 1.71. The molecule has 2 amide bonds. The lowest BCUT2D eigenvalue weighted by molar-refractivity contribution is -0.144. The maximum absolute atomic E-state index is 13.3. The fraction of sp³-hybridized carbons (Fsp3) is 0.633. The summed E-state index contributed by atoms with van der Waals surface area (Å²) in [5.74, 6) is -1.14. The number of carboxylic acid groups (broad SMARTS) is 1. The van der Waals surface area contributed by atoms with E-state index in [0.29, 0.717) is 42.4 Å². The van der Waals surface area contributed by atoms with Crippen molar-refractivity contribution in [1.82, 2.24) is 10.2 Å². The van der Waals surface area contributed by atoms with Gasteiger partial charge in [0, 0.05) is 44.6 Å². The molecule has 1 heterocycles. The summed E-state index contributed by atoms with van der Waals surface area (Å²) in [6.07, 6.45) is 3.28. The maximum atomic E-state index is 13.3. The van der Waals surface area contributed by atoms with Crippen LogP contribution in [-0.4, -0.2) is 75.8 Å². The largest absolute Gasteiger partial charge is 0.481 e. The van der Waals surface area contributed by atoms with E-state index in [1.807, 2.05) is 51.2 Å². The fourth-order valence-electron chi connectivity index (χ4n) is 5.01. The minimum atomic E-state index is -0.909. The Morgan fingerprint density at radius 3 is 2.38 bits per heavy atom. The van der Waals surface area contributed by atoms with E-state index in [0.717, 1.165) is 18.4 Å². The van der Waals surface area contributed by atoms with Crippen molar-refractivity contribution in [2.75, 3.05) is 12.8 Å². The number of benzene rings is 1. The van der Waals surface area contributed by atoms with Crippen LogP contribution in [0.2, 0.25) is 0 Å². The molecule has 1 aliphatic heterocycles. The number of thioether (sulfide) groups is 1. The molecule has 0 saturated heterocycles. The third kappa shape index (κ3) is 9.64. The standard InChI is InChI=1S/C30H43N3O6S/c1-18(2)25(33(5)27(35)15-22-11-12-22)16-26(39-20(4)34)29-32-24(17-40-29)28(36)31-23(13-19(3)30(37)38)14-21-9-7-6-8-10-21/h6-10,18-19,22-26H,11-17H2,1-5H3,(H,31,36)(H,37,38)/t19-,23+,24?,25?,26+/m0/s1. The number of carbonyl (C=O) groups is 4. The van der Waals surface area contributed by atoms with Crippen LogP contribution in [0.5, 0.6) is 0 Å². The average molecular weight is 574 g/mol. The summed E-state index contributed by atoms with van der Waals surface area (Å²) in [6.45, 7) is 7.07. The Bertz CT molecular complexity index is 1070. The Morgan fingerprint density at radius 1 is 1.12 bits per heavy atom. The summed E-state index contributed by atoms with van der Waals surface area (Å²) in [4.78, 5) is 56.1. The number of carbonyl (C=O) groups excluding carboxylic acids is 3. The van der Waals surface area contributed by atoms with E-state index in [4.69, 9.17) is 4.74 Å². The lowest BCUT2D eigenvalue weighted by Gasteiger charge is -2.34. The zero-order chi connectivity index (χ0) is 29.4. The molecule has 5 atom stereocenters. The zero-order valence-corrected chi connectivity index (χ0v) is 25.0. The highest BCUT2D eigenvalue weighted by Gasteiger charge is 2.36. The van der Waals surface area contributed by atoms with E-state index in [-0.39, 0.29) is 29.8 Å². The molecule has 1 aromatic rings. The summed E-state index contributed by atoms with van der Waals surface area (Å²) in [7, 11) is 1.81. The van der Waals surface area contributed by atoms with E-state index in [2.05, 4.69) is 10.3 Å². The van der Waals surface area contributed by atoms with Crippen LogP contribution in [0, 0.1) is 17.8 Å². The molecule has 0 spiro atoms. The van der Waals surface area contributed by atoms with Crippen molar-refractivity contribution >= 4 is 40.6 Å². The molecule has 0 radical (unpaired) electrons. The molecule has 3 rings (SSSR count). The van der Waals surface area contributed by atoms with Gasteiger partial charge in [0.1, 0.15) is 11.1 Å². The first kappa shape index (κ1) is 31.6. The fourth-order valence-corrected chi connectivity index (χ4v) is 6.10. The minimum Gasteiger partial charge on any atom is -0.481 e. The molecule has 0 aromatic heterocycles. The molecule has 2 aliphatic rings. The van der Waals surface area contributed by atoms with Gasteiger partial charge in [-0.3, -0.25) is 24.2 Å². The highest BCUT2D eigenvalue weighted by molar-refractivity contribution is 8.14.